The number of carbonyl (C=O) groups is 3. The van der Waals surface area contributed by atoms with Gasteiger partial charge in [-0.05, 0) is 43.7 Å². The average molecular weight is 441 g/mol. The zero-order valence-corrected chi connectivity index (χ0v) is 18.3. The van der Waals surface area contributed by atoms with E-state index in [1.165, 1.54) is 0 Å². The number of rotatable bonds is 6. The van der Waals surface area contributed by atoms with Crippen molar-refractivity contribution in [3.05, 3.63) is 83.4 Å². The number of hydrogen-bond acceptors (Lipinski definition) is 4. The van der Waals surface area contributed by atoms with E-state index >= 15 is 0 Å². The maximum absolute atomic E-state index is 13.1. The maximum atomic E-state index is 13.1. The third kappa shape index (κ3) is 3.59. The highest BCUT2D eigenvalue weighted by molar-refractivity contribution is 6.09. The van der Waals surface area contributed by atoms with Crippen LogP contribution in [-0.4, -0.2) is 49.7 Å². The lowest BCUT2D eigenvalue weighted by Crippen LogP contribution is -2.36. The number of aromatic amines is 1. The number of nitrogens with one attached hydrogen (secondary N) is 2. The number of pyridine rings is 1. The van der Waals surface area contributed by atoms with E-state index in [9.17, 15) is 14.4 Å². The first-order chi connectivity index (χ1) is 15.9. The van der Waals surface area contributed by atoms with E-state index in [1.54, 1.807) is 12.3 Å². The Bertz CT molecular complexity index is 1390. The van der Waals surface area contributed by atoms with Crippen molar-refractivity contribution in [2.24, 2.45) is 0 Å². The topological polar surface area (TPSA) is 100 Å². The highest BCUT2D eigenvalue weighted by Gasteiger charge is 2.39. The summed E-state index contributed by atoms with van der Waals surface area (Å²) in [4.78, 5) is 47.2. The number of aromatic nitrogens is 3. The zero-order chi connectivity index (χ0) is 23.1. The van der Waals surface area contributed by atoms with E-state index in [-0.39, 0.29) is 12.3 Å². The number of urea groups is 1. The summed E-state index contributed by atoms with van der Waals surface area (Å²) in [6, 6.07) is 13.9. The van der Waals surface area contributed by atoms with Gasteiger partial charge in [-0.2, -0.15) is 0 Å². The van der Waals surface area contributed by atoms with Crippen molar-refractivity contribution in [2.45, 2.75) is 26.3 Å². The molecule has 1 atom stereocenters. The second-order valence-corrected chi connectivity index (χ2v) is 8.22. The standard InChI is InChI=1S/C25H23N5O3/c1-15-11-19(16(2)30(15)23-9-5-6-10-26-23)22(31)14-29-24(32)21(28-25(29)33)12-17-13-27-20-8-4-3-7-18(17)20/h3-11,13,21,27H,12,14H2,1-2H3,(H,28,33). The van der Waals surface area contributed by atoms with E-state index in [0.29, 0.717) is 17.8 Å². The van der Waals surface area contributed by atoms with Gasteiger partial charge in [-0.15, -0.1) is 0 Å². The minimum absolute atomic E-state index is 0.290. The number of carbonyl (C=O) groups excluding carboxylic acids is 3. The Labute approximate surface area is 190 Å². The highest BCUT2D eigenvalue weighted by Crippen LogP contribution is 2.23. The van der Waals surface area contributed by atoms with E-state index in [1.807, 2.05) is 67.1 Å². The number of ketones is 1. The van der Waals surface area contributed by atoms with Gasteiger partial charge in [0.2, 0.25) is 0 Å². The van der Waals surface area contributed by atoms with Crippen LogP contribution in [0.5, 0.6) is 0 Å². The molecule has 8 nitrogen and oxygen atoms in total. The molecular formula is C25H23N5O3. The van der Waals surface area contributed by atoms with E-state index in [2.05, 4.69) is 15.3 Å². The summed E-state index contributed by atoms with van der Waals surface area (Å²) in [7, 11) is 0. The quantitative estimate of drug-likeness (QED) is 0.354. The smallest absolute Gasteiger partial charge is 0.325 e. The van der Waals surface area contributed by atoms with Crippen LogP contribution in [0.15, 0.2) is 60.9 Å². The summed E-state index contributed by atoms with van der Waals surface area (Å²) in [6.45, 7) is 3.42. The summed E-state index contributed by atoms with van der Waals surface area (Å²) in [5.41, 5.74) is 3.96. The molecule has 8 heteroatoms. The second kappa shape index (κ2) is 8.05. The number of imide groups is 1. The first-order valence-corrected chi connectivity index (χ1v) is 10.7. The lowest BCUT2D eigenvalue weighted by molar-refractivity contribution is -0.127. The van der Waals surface area contributed by atoms with E-state index < -0.39 is 18.0 Å². The Morgan fingerprint density at radius 3 is 2.67 bits per heavy atom. The van der Waals surface area contributed by atoms with Crippen molar-refractivity contribution in [3.63, 3.8) is 0 Å². The number of H-pyrrole nitrogens is 1. The molecule has 1 aromatic carbocycles. The van der Waals surface area contributed by atoms with Crippen LogP contribution in [0, 0.1) is 13.8 Å². The monoisotopic (exact) mass is 441 g/mol. The largest absolute Gasteiger partial charge is 0.361 e. The Balaban J connectivity index is 1.34. The van der Waals surface area contributed by atoms with E-state index in [4.69, 9.17) is 0 Å². The Morgan fingerprint density at radius 1 is 1.09 bits per heavy atom. The van der Waals surface area contributed by atoms with Crippen molar-refractivity contribution in [1.29, 1.82) is 0 Å². The van der Waals surface area contributed by atoms with Gasteiger partial charge >= 0.3 is 6.03 Å². The third-order valence-electron chi connectivity index (χ3n) is 6.12. The normalized spacial score (nSPS) is 15.9. The fourth-order valence-corrected chi connectivity index (χ4v) is 4.50. The number of para-hydroxylation sites is 1. The van der Waals surface area contributed by atoms with Crippen LogP contribution < -0.4 is 5.32 Å². The zero-order valence-electron chi connectivity index (χ0n) is 18.3. The minimum Gasteiger partial charge on any atom is -0.361 e. The molecule has 5 rings (SSSR count). The first-order valence-electron chi connectivity index (χ1n) is 10.7. The molecule has 1 unspecified atom stereocenters. The Hall–Kier alpha value is -4.20. The highest BCUT2D eigenvalue weighted by atomic mass is 16.2. The lowest BCUT2D eigenvalue weighted by atomic mass is 10.0. The van der Waals surface area contributed by atoms with Gasteiger partial charge < -0.3 is 14.9 Å². The number of nitrogens with zero attached hydrogens (tertiary/aromatic N) is 3. The molecule has 33 heavy (non-hydrogen) atoms. The van der Waals surface area contributed by atoms with Crippen molar-refractivity contribution in [2.75, 3.05) is 6.54 Å². The molecule has 166 valence electrons. The number of Topliss-reactive ketones (excluding diaryl/α,β-unsaturated/α-hetero) is 1. The molecule has 3 aromatic heterocycles. The summed E-state index contributed by atoms with van der Waals surface area (Å²) in [6.07, 6.45) is 3.90. The number of hydrogen-bond donors (Lipinski definition) is 2. The van der Waals surface area contributed by atoms with Gasteiger partial charge in [-0.25, -0.2) is 9.78 Å². The SMILES string of the molecule is Cc1cc(C(=O)CN2C(=O)NC(Cc3c[nH]c4ccccc34)C2=O)c(C)n1-c1ccccn1. The predicted molar refractivity (Wildman–Crippen MR) is 123 cm³/mol. The van der Waals surface area contributed by atoms with Gasteiger partial charge in [0.15, 0.2) is 5.78 Å². The summed E-state index contributed by atoms with van der Waals surface area (Å²) >= 11 is 0. The van der Waals surface area contributed by atoms with Crippen LogP contribution in [-0.2, 0) is 11.2 Å². The number of fused-ring (bicyclic) bond motifs is 1. The molecule has 1 saturated heterocycles. The van der Waals surface area contributed by atoms with Crippen molar-refractivity contribution in [3.8, 4) is 5.82 Å². The molecule has 1 aliphatic rings. The summed E-state index contributed by atoms with van der Waals surface area (Å²) < 4.78 is 1.89. The van der Waals surface area contributed by atoms with Crippen LogP contribution in [0.3, 0.4) is 0 Å². The molecule has 0 saturated carbocycles. The number of aryl methyl sites for hydroxylation is 1. The van der Waals surface area contributed by atoms with Crippen molar-refractivity contribution in [1.82, 2.24) is 24.8 Å². The number of amides is 3. The molecule has 3 amide bonds. The predicted octanol–water partition coefficient (Wildman–Crippen LogP) is 3.32. The van der Waals surface area contributed by atoms with Crippen LogP contribution >= 0.6 is 0 Å². The molecule has 2 N–H and O–H groups in total. The lowest BCUT2D eigenvalue weighted by Gasteiger charge is -2.13. The molecule has 1 aliphatic heterocycles. The van der Waals surface area contributed by atoms with Gasteiger partial charge in [-0.3, -0.25) is 14.5 Å². The fourth-order valence-electron chi connectivity index (χ4n) is 4.50. The molecule has 0 bridgehead atoms. The van der Waals surface area contributed by atoms with Gasteiger partial charge in [0.05, 0.1) is 6.54 Å². The molecule has 1 fully saturated rings. The van der Waals surface area contributed by atoms with Crippen LogP contribution in [0.4, 0.5) is 4.79 Å². The van der Waals surface area contributed by atoms with Gasteiger partial charge in [0, 0.05) is 46.7 Å². The molecule has 0 spiro atoms. The Kier molecular flexibility index (Phi) is 5.05. The van der Waals surface area contributed by atoms with Crippen molar-refractivity contribution >= 4 is 28.6 Å². The minimum atomic E-state index is -0.703. The molecule has 4 aromatic rings. The first kappa shape index (κ1) is 20.7. The summed E-state index contributed by atoms with van der Waals surface area (Å²) in [5, 5.41) is 3.74. The molecule has 0 radical (unpaired) electrons. The fraction of sp³-hybridized carbons (Fsp3) is 0.200. The molecule has 4 heterocycles. The molecular weight excluding hydrogens is 418 g/mol. The van der Waals surface area contributed by atoms with Crippen LogP contribution in [0.1, 0.15) is 27.3 Å². The van der Waals surface area contributed by atoms with Crippen LogP contribution in [0.2, 0.25) is 0 Å². The van der Waals surface area contributed by atoms with Gasteiger partial charge in [0.25, 0.3) is 5.91 Å². The molecule has 0 aliphatic carbocycles. The maximum Gasteiger partial charge on any atom is 0.325 e. The Morgan fingerprint density at radius 2 is 1.88 bits per heavy atom. The second-order valence-electron chi connectivity index (χ2n) is 8.22. The average Bonchev–Trinajstić information content (AvgIpc) is 3.44. The van der Waals surface area contributed by atoms with Gasteiger partial charge in [0.1, 0.15) is 11.9 Å². The van der Waals surface area contributed by atoms with E-state index in [0.717, 1.165) is 32.8 Å². The number of benzene rings is 1. The van der Waals surface area contributed by atoms with Crippen molar-refractivity contribution < 1.29 is 14.4 Å². The third-order valence-corrected chi connectivity index (χ3v) is 6.12. The van der Waals surface area contributed by atoms with Gasteiger partial charge in [-0.1, -0.05) is 24.3 Å². The van der Waals surface area contributed by atoms with Crippen LogP contribution in [0.25, 0.3) is 16.7 Å². The summed E-state index contributed by atoms with van der Waals surface area (Å²) in [5.74, 6) is 0.0269.